The van der Waals surface area contributed by atoms with Crippen LogP contribution in [0.1, 0.15) is 26.3 Å². The maximum atomic E-state index is 12.4. The molecule has 3 aromatic carbocycles. The van der Waals surface area contributed by atoms with Gasteiger partial charge in [-0.3, -0.25) is 9.59 Å². The van der Waals surface area contributed by atoms with Crippen LogP contribution in [0.15, 0.2) is 60.7 Å². The Balaban J connectivity index is 1.94. The highest BCUT2D eigenvalue weighted by atomic mass is 16.5. The van der Waals surface area contributed by atoms with Crippen LogP contribution >= 0.6 is 0 Å². The summed E-state index contributed by atoms with van der Waals surface area (Å²) < 4.78 is 5.18. The molecule has 3 nitrogen and oxygen atoms in total. The fourth-order valence-electron chi connectivity index (χ4n) is 2.46. The number of hydrogen-bond donors (Lipinski definition) is 0. The molecule has 0 saturated carbocycles. The molecule has 0 radical (unpaired) electrons. The highest BCUT2D eigenvalue weighted by Crippen LogP contribution is 2.22. The fraction of sp³-hybridized carbons (Fsp3) is 0.100. The summed E-state index contributed by atoms with van der Waals surface area (Å²) in [4.78, 5) is 24.7. The molecule has 3 rings (SSSR count). The minimum atomic E-state index is -0.494. The first kappa shape index (κ1) is 15.0. The van der Waals surface area contributed by atoms with E-state index in [2.05, 4.69) is 0 Å². The van der Waals surface area contributed by atoms with E-state index in [1.807, 2.05) is 43.3 Å². The lowest BCUT2D eigenvalue weighted by Crippen LogP contribution is -2.14. The van der Waals surface area contributed by atoms with Gasteiger partial charge < -0.3 is 4.74 Å². The molecule has 0 aliphatic heterocycles. The summed E-state index contributed by atoms with van der Waals surface area (Å²) in [5, 5.41) is 1.86. The van der Waals surface area contributed by atoms with Gasteiger partial charge in [-0.25, -0.2) is 0 Å². The summed E-state index contributed by atoms with van der Waals surface area (Å²) in [5.74, 6) is -0.225. The van der Waals surface area contributed by atoms with Crippen LogP contribution in [0.2, 0.25) is 0 Å². The number of fused-ring (bicyclic) bond motifs is 1. The molecule has 0 amide bonds. The van der Waals surface area contributed by atoms with Gasteiger partial charge in [0.15, 0.2) is 0 Å². The molecular formula is C20H16O3. The van der Waals surface area contributed by atoms with E-state index in [0.717, 1.165) is 22.1 Å². The van der Waals surface area contributed by atoms with Crippen molar-refractivity contribution in [1.29, 1.82) is 0 Å². The van der Waals surface area contributed by atoms with Gasteiger partial charge in [-0.15, -0.1) is 0 Å². The van der Waals surface area contributed by atoms with Gasteiger partial charge in [0.25, 0.3) is 0 Å². The first-order valence-corrected chi connectivity index (χ1v) is 7.32. The Morgan fingerprint density at radius 1 is 0.739 bits per heavy atom. The van der Waals surface area contributed by atoms with Gasteiger partial charge in [0.05, 0.1) is 7.11 Å². The lowest BCUT2D eigenvalue weighted by molar-refractivity contribution is 0.0817. The summed E-state index contributed by atoms with van der Waals surface area (Å²) in [6, 6.07) is 17.9. The molecule has 114 valence electrons. The Kier molecular flexibility index (Phi) is 3.94. The van der Waals surface area contributed by atoms with Gasteiger partial charge in [-0.2, -0.15) is 0 Å². The Morgan fingerprint density at radius 3 is 2.00 bits per heavy atom. The van der Waals surface area contributed by atoms with Crippen molar-refractivity contribution in [2.24, 2.45) is 0 Å². The average molecular weight is 304 g/mol. The number of carbonyl (C=O) groups excluding carboxylic acids is 2. The normalized spacial score (nSPS) is 10.5. The topological polar surface area (TPSA) is 43.4 Å². The van der Waals surface area contributed by atoms with E-state index >= 15 is 0 Å². The van der Waals surface area contributed by atoms with E-state index in [9.17, 15) is 9.59 Å². The minimum Gasteiger partial charge on any atom is -0.497 e. The molecule has 0 N–H and O–H groups in total. The molecule has 0 atom stereocenters. The third kappa shape index (κ3) is 2.99. The van der Waals surface area contributed by atoms with E-state index < -0.39 is 11.6 Å². The molecule has 0 fully saturated rings. The summed E-state index contributed by atoms with van der Waals surface area (Å²) in [6.45, 7) is 1.94. The number of Topliss-reactive ketones (excluding diaryl/α,β-unsaturated/α-hetero) is 2. The molecular weight excluding hydrogens is 288 g/mol. The number of rotatable bonds is 4. The summed E-state index contributed by atoms with van der Waals surface area (Å²) >= 11 is 0. The SMILES string of the molecule is COc1ccc2cc(C(=O)C(=O)c3ccc(C)cc3)ccc2c1. The van der Waals surface area contributed by atoms with Gasteiger partial charge in [-0.05, 0) is 35.9 Å². The van der Waals surface area contributed by atoms with Crippen LogP contribution in [0.4, 0.5) is 0 Å². The van der Waals surface area contributed by atoms with E-state index in [1.54, 1.807) is 31.4 Å². The van der Waals surface area contributed by atoms with Gasteiger partial charge in [0.1, 0.15) is 5.75 Å². The molecule has 0 aliphatic carbocycles. The van der Waals surface area contributed by atoms with Gasteiger partial charge >= 0.3 is 0 Å². The number of ketones is 2. The number of hydrogen-bond acceptors (Lipinski definition) is 3. The van der Waals surface area contributed by atoms with Crippen LogP contribution < -0.4 is 4.74 Å². The van der Waals surface area contributed by atoms with E-state index in [0.29, 0.717) is 11.1 Å². The molecule has 0 bridgehead atoms. The zero-order valence-corrected chi connectivity index (χ0v) is 13.0. The standard InChI is InChI=1S/C20H16O3/c1-13-3-5-14(6-4-13)19(21)20(22)17-8-7-16-12-18(23-2)10-9-15(16)11-17/h3-12H,1-2H3. The molecule has 3 heteroatoms. The highest BCUT2D eigenvalue weighted by Gasteiger charge is 2.18. The first-order chi connectivity index (χ1) is 11.1. The molecule has 0 aliphatic rings. The molecule has 23 heavy (non-hydrogen) atoms. The van der Waals surface area contributed by atoms with Gasteiger partial charge in [0.2, 0.25) is 11.6 Å². The minimum absolute atomic E-state index is 0.397. The predicted molar refractivity (Wildman–Crippen MR) is 90.3 cm³/mol. The second-order valence-electron chi connectivity index (χ2n) is 5.45. The number of methoxy groups -OCH3 is 1. The summed E-state index contributed by atoms with van der Waals surface area (Å²) in [6.07, 6.45) is 0. The Labute approximate surface area is 134 Å². The van der Waals surface area contributed by atoms with E-state index in [1.165, 1.54) is 0 Å². The monoisotopic (exact) mass is 304 g/mol. The number of ether oxygens (including phenoxy) is 1. The zero-order chi connectivity index (χ0) is 16.4. The lowest BCUT2D eigenvalue weighted by Gasteiger charge is -2.05. The Bertz CT molecular complexity index is 892. The van der Waals surface area contributed by atoms with Crippen molar-refractivity contribution in [2.75, 3.05) is 7.11 Å². The van der Waals surface area contributed by atoms with Crippen LogP contribution in [-0.2, 0) is 0 Å². The third-order valence-corrected chi connectivity index (χ3v) is 3.83. The van der Waals surface area contributed by atoms with Crippen molar-refractivity contribution in [2.45, 2.75) is 6.92 Å². The molecule has 0 spiro atoms. The second kappa shape index (κ2) is 6.05. The highest BCUT2D eigenvalue weighted by molar-refractivity contribution is 6.49. The van der Waals surface area contributed by atoms with E-state index in [-0.39, 0.29) is 0 Å². The second-order valence-corrected chi connectivity index (χ2v) is 5.45. The predicted octanol–water partition coefficient (Wildman–Crippen LogP) is 4.22. The maximum Gasteiger partial charge on any atom is 0.233 e. The number of aryl methyl sites for hydroxylation is 1. The van der Waals surface area contributed by atoms with Crippen molar-refractivity contribution in [3.05, 3.63) is 77.4 Å². The summed E-state index contributed by atoms with van der Waals surface area (Å²) in [7, 11) is 1.61. The molecule has 0 aromatic heterocycles. The molecule has 0 unspecified atom stereocenters. The van der Waals surface area contributed by atoms with Crippen molar-refractivity contribution in [3.63, 3.8) is 0 Å². The largest absolute Gasteiger partial charge is 0.497 e. The third-order valence-electron chi connectivity index (χ3n) is 3.83. The zero-order valence-electron chi connectivity index (χ0n) is 13.0. The van der Waals surface area contributed by atoms with Crippen molar-refractivity contribution >= 4 is 22.3 Å². The van der Waals surface area contributed by atoms with Crippen molar-refractivity contribution in [3.8, 4) is 5.75 Å². The Hall–Kier alpha value is -2.94. The quantitative estimate of drug-likeness (QED) is 0.535. The molecule has 3 aromatic rings. The van der Waals surface area contributed by atoms with Crippen LogP contribution in [-0.4, -0.2) is 18.7 Å². The van der Waals surface area contributed by atoms with Crippen LogP contribution in [0.3, 0.4) is 0 Å². The van der Waals surface area contributed by atoms with E-state index in [4.69, 9.17) is 4.74 Å². The van der Waals surface area contributed by atoms with Crippen LogP contribution in [0.25, 0.3) is 10.8 Å². The average Bonchev–Trinajstić information content (AvgIpc) is 2.60. The summed E-state index contributed by atoms with van der Waals surface area (Å²) in [5.41, 5.74) is 1.86. The molecule has 0 heterocycles. The molecule has 0 saturated heterocycles. The van der Waals surface area contributed by atoms with Crippen molar-refractivity contribution < 1.29 is 14.3 Å². The smallest absolute Gasteiger partial charge is 0.233 e. The Morgan fingerprint density at radius 2 is 1.30 bits per heavy atom. The number of carbonyl (C=O) groups is 2. The number of benzene rings is 3. The fourth-order valence-corrected chi connectivity index (χ4v) is 2.46. The van der Waals surface area contributed by atoms with Crippen LogP contribution in [0.5, 0.6) is 5.75 Å². The lowest BCUT2D eigenvalue weighted by atomic mass is 9.98. The van der Waals surface area contributed by atoms with Gasteiger partial charge in [-0.1, -0.05) is 48.0 Å². The van der Waals surface area contributed by atoms with Crippen LogP contribution in [0, 0.1) is 6.92 Å². The maximum absolute atomic E-state index is 12.4. The van der Waals surface area contributed by atoms with Gasteiger partial charge in [0, 0.05) is 11.1 Å². The van der Waals surface area contributed by atoms with Crippen molar-refractivity contribution in [1.82, 2.24) is 0 Å². The first-order valence-electron chi connectivity index (χ1n) is 7.32.